The molecule has 3 nitrogen and oxygen atoms in total. The van der Waals surface area contributed by atoms with E-state index in [4.69, 9.17) is 5.26 Å². The lowest BCUT2D eigenvalue weighted by Crippen LogP contribution is -1.97. The van der Waals surface area contributed by atoms with Crippen molar-refractivity contribution in [1.29, 1.82) is 5.26 Å². The fourth-order valence-corrected chi connectivity index (χ4v) is 2.50. The molecule has 0 atom stereocenters. The van der Waals surface area contributed by atoms with Crippen LogP contribution in [-0.4, -0.2) is 9.97 Å². The lowest BCUT2D eigenvalue weighted by atomic mass is 9.98. The maximum atomic E-state index is 13.5. The van der Waals surface area contributed by atoms with Gasteiger partial charge in [-0.15, -0.1) is 0 Å². The summed E-state index contributed by atoms with van der Waals surface area (Å²) in [4.78, 5) is 8.44. The van der Waals surface area contributed by atoms with Crippen molar-refractivity contribution in [3.63, 3.8) is 0 Å². The predicted molar refractivity (Wildman–Crippen MR) is 86.1 cm³/mol. The first kappa shape index (κ1) is 14.9. The Labute approximate surface area is 134 Å². The summed E-state index contributed by atoms with van der Waals surface area (Å²) in [5, 5.41) is 8.96. The third-order valence-electron chi connectivity index (χ3n) is 3.66. The number of nitrogens with zero attached hydrogens (tertiary/aromatic N) is 3. The van der Waals surface area contributed by atoms with Crippen molar-refractivity contribution in [1.82, 2.24) is 9.97 Å². The Kier molecular flexibility index (Phi) is 4.11. The molecule has 2 heterocycles. The van der Waals surface area contributed by atoms with Gasteiger partial charge in [0.25, 0.3) is 0 Å². The predicted octanol–water partition coefficient (Wildman–Crippen LogP) is 4.05. The number of aromatic nitrogens is 2. The standard InChI is InChI=1S/C19H14FN3/c1-13-9-16(4-5-18(13)20)19-15(3-2-7-23-19)10-14-6-8-22-17(11-14)12-21/h2-9,11H,10H2,1H3. The van der Waals surface area contributed by atoms with Crippen LogP contribution in [0.1, 0.15) is 22.4 Å². The van der Waals surface area contributed by atoms with Crippen LogP contribution in [0.15, 0.2) is 54.9 Å². The number of rotatable bonds is 3. The number of halogens is 1. The molecule has 0 N–H and O–H groups in total. The van der Waals surface area contributed by atoms with Crippen molar-refractivity contribution in [2.24, 2.45) is 0 Å². The molecule has 4 heteroatoms. The minimum absolute atomic E-state index is 0.223. The summed E-state index contributed by atoms with van der Waals surface area (Å²) in [6.07, 6.45) is 3.99. The zero-order chi connectivity index (χ0) is 16.2. The van der Waals surface area contributed by atoms with E-state index in [-0.39, 0.29) is 5.82 Å². The minimum atomic E-state index is -0.223. The van der Waals surface area contributed by atoms with Gasteiger partial charge in [0.1, 0.15) is 17.6 Å². The van der Waals surface area contributed by atoms with Crippen LogP contribution in [0.25, 0.3) is 11.3 Å². The first-order chi connectivity index (χ1) is 11.2. The Morgan fingerprint density at radius 2 is 1.96 bits per heavy atom. The molecule has 0 aliphatic carbocycles. The molecule has 0 saturated carbocycles. The number of benzene rings is 1. The molecule has 112 valence electrons. The number of hydrogen-bond acceptors (Lipinski definition) is 3. The molecule has 3 aromatic rings. The molecule has 0 aliphatic heterocycles. The van der Waals surface area contributed by atoms with E-state index in [0.29, 0.717) is 17.7 Å². The van der Waals surface area contributed by atoms with Gasteiger partial charge in [-0.3, -0.25) is 4.98 Å². The molecule has 1 aromatic carbocycles. The first-order valence-corrected chi connectivity index (χ1v) is 7.23. The third kappa shape index (κ3) is 3.24. The van der Waals surface area contributed by atoms with Gasteiger partial charge in [0.05, 0.1) is 5.69 Å². The van der Waals surface area contributed by atoms with Crippen LogP contribution in [0.3, 0.4) is 0 Å². The largest absolute Gasteiger partial charge is 0.256 e. The molecule has 0 spiro atoms. The van der Waals surface area contributed by atoms with Crippen LogP contribution in [-0.2, 0) is 6.42 Å². The Bertz CT molecular complexity index is 897. The maximum absolute atomic E-state index is 13.5. The Morgan fingerprint density at radius 3 is 2.74 bits per heavy atom. The summed E-state index contributed by atoms with van der Waals surface area (Å²) < 4.78 is 13.5. The fourth-order valence-electron chi connectivity index (χ4n) is 2.50. The second kappa shape index (κ2) is 6.37. The molecule has 0 aliphatic rings. The van der Waals surface area contributed by atoms with Gasteiger partial charge in [-0.2, -0.15) is 5.26 Å². The number of hydrogen-bond donors (Lipinski definition) is 0. The van der Waals surface area contributed by atoms with E-state index in [2.05, 4.69) is 9.97 Å². The number of aryl methyl sites for hydroxylation is 1. The van der Waals surface area contributed by atoms with Crippen molar-refractivity contribution in [2.45, 2.75) is 13.3 Å². The van der Waals surface area contributed by atoms with E-state index >= 15 is 0 Å². The molecule has 23 heavy (non-hydrogen) atoms. The van der Waals surface area contributed by atoms with Gasteiger partial charge in [-0.1, -0.05) is 6.07 Å². The van der Waals surface area contributed by atoms with Crippen molar-refractivity contribution in [3.05, 3.63) is 83.1 Å². The summed E-state index contributed by atoms with van der Waals surface area (Å²) in [6.45, 7) is 1.74. The highest BCUT2D eigenvalue weighted by Gasteiger charge is 2.09. The third-order valence-corrected chi connectivity index (χ3v) is 3.66. The summed E-state index contributed by atoms with van der Waals surface area (Å²) in [5.74, 6) is -0.223. The zero-order valence-electron chi connectivity index (χ0n) is 12.6. The van der Waals surface area contributed by atoms with Crippen molar-refractivity contribution < 1.29 is 4.39 Å². The monoisotopic (exact) mass is 303 g/mol. The second-order valence-electron chi connectivity index (χ2n) is 5.31. The van der Waals surface area contributed by atoms with Crippen LogP contribution >= 0.6 is 0 Å². The highest BCUT2D eigenvalue weighted by molar-refractivity contribution is 5.64. The maximum Gasteiger partial charge on any atom is 0.140 e. The normalized spacial score (nSPS) is 10.3. The fraction of sp³-hybridized carbons (Fsp3) is 0.105. The molecule has 2 aromatic heterocycles. The van der Waals surface area contributed by atoms with Gasteiger partial charge in [0, 0.05) is 18.0 Å². The summed E-state index contributed by atoms with van der Waals surface area (Å²) >= 11 is 0. The zero-order valence-corrected chi connectivity index (χ0v) is 12.6. The molecule has 0 unspecified atom stereocenters. The first-order valence-electron chi connectivity index (χ1n) is 7.23. The quantitative estimate of drug-likeness (QED) is 0.733. The molecule has 3 rings (SSSR count). The number of nitriles is 1. The van der Waals surface area contributed by atoms with E-state index < -0.39 is 0 Å². The SMILES string of the molecule is Cc1cc(-c2ncccc2Cc2ccnc(C#N)c2)ccc1F. The molecule has 0 saturated heterocycles. The highest BCUT2D eigenvalue weighted by Crippen LogP contribution is 2.25. The van der Waals surface area contributed by atoms with Crippen LogP contribution in [0.5, 0.6) is 0 Å². The summed E-state index contributed by atoms with van der Waals surface area (Å²) in [7, 11) is 0. The average Bonchev–Trinajstić information content (AvgIpc) is 2.58. The molecule has 0 amide bonds. The highest BCUT2D eigenvalue weighted by atomic mass is 19.1. The van der Waals surface area contributed by atoms with Crippen molar-refractivity contribution in [3.8, 4) is 17.3 Å². The Balaban J connectivity index is 2.00. The molecule has 0 bridgehead atoms. The lowest BCUT2D eigenvalue weighted by molar-refractivity contribution is 0.618. The molecule has 0 fully saturated rings. The van der Waals surface area contributed by atoms with Crippen LogP contribution in [0.2, 0.25) is 0 Å². The smallest absolute Gasteiger partial charge is 0.140 e. The van der Waals surface area contributed by atoms with E-state index in [0.717, 1.165) is 22.4 Å². The van der Waals surface area contributed by atoms with Gasteiger partial charge in [0.15, 0.2) is 0 Å². The van der Waals surface area contributed by atoms with E-state index in [1.54, 1.807) is 37.5 Å². The van der Waals surface area contributed by atoms with Crippen LogP contribution < -0.4 is 0 Å². The Hall–Kier alpha value is -3.06. The van der Waals surface area contributed by atoms with E-state index in [1.165, 1.54) is 6.07 Å². The average molecular weight is 303 g/mol. The second-order valence-corrected chi connectivity index (χ2v) is 5.31. The van der Waals surface area contributed by atoms with E-state index in [1.807, 2.05) is 24.3 Å². The Morgan fingerprint density at radius 1 is 1.09 bits per heavy atom. The van der Waals surface area contributed by atoms with Gasteiger partial charge in [0.2, 0.25) is 0 Å². The van der Waals surface area contributed by atoms with Gasteiger partial charge in [-0.25, -0.2) is 9.37 Å². The molecule has 0 radical (unpaired) electrons. The molecular weight excluding hydrogens is 289 g/mol. The minimum Gasteiger partial charge on any atom is -0.256 e. The van der Waals surface area contributed by atoms with Crippen molar-refractivity contribution in [2.75, 3.05) is 0 Å². The number of pyridine rings is 2. The van der Waals surface area contributed by atoms with Crippen molar-refractivity contribution >= 4 is 0 Å². The van der Waals surface area contributed by atoms with Gasteiger partial charge >= 0.3 is 0 Å². The lowest BCUT2D eigenvalue weighted by Gasteiger charge is -2.10. The topological polar surface area (TPSA) is 49.6 Å². The van der Waals surface area contributed by atoms with E-state index in [9.17, 15) is 4.39 Å². The van der Waals surface area contributed by atoms with Crippen LogP contribution in [0, 0.1) is 24.1 Å². The molecular formula is C19H14FN3. The van der Waals surface area contributed by atoms with Gasteiger partial charge < -0.3 is 0 Å². The summed E-state index contributed by atoms with van der Waals surface area (Å²) in [6, 6.07) is 14.6. The van der Waals surface area contributed by atoms with Gasteiger partial charge in [-0.05, 0) is 66.4 Å². The summed E-state index contributed by atoms with van der Waals surface area (Å²) in [5.41, 5.74) is 4.71. The van der Waals surface area contributed by atoms with Crippen LogP contribution in [0.4, 0.5) is 4.39 Å².